The molecule has 1 atom stereocenters. The summed E-state index contributed by atoms with van der Waals surface area (Å²) in [6.07, 6.45) is 0.218. The molecule has 1 aliphatic heterocycles. The van der Waals surface area contributed by atoms with Crippen molar-refractivity contribution in [2.24, 2.45) is 0 Å². The van der Waals surface area contributed by atoms with Crippen LogP contribution >= 0.6 is 0 Å². The molecule has 3 nitrogen and oxygen atoms in total. The summed E-state index contributed by atoms with van der Waals surface area (Å²) >= 11 is 0. The summed E-state index contributed by atoms with van der Waals surface area (Å²) < 4.78 is 5.69. The van der Waals surface area contributed by atoms with Crippen molar-refractivity contribution in [2.75, 3.05) is 38.7 Å². The van der Waals surface area contributed by atoms with Crippen molar-refractivity contribution < 1.29 is 4.74 Å². The van der Waals surface area contributed by atoms with Gasteiger partial charge in [0.15, 0.2) is 0 Å². The zero-order chi connectivity index (χ0) is 10.7. The maximum atomic E-state index is 5.69. The van der Waals surface area contributed by atoms with Crippen LogP contribution in [0.1, 0.15) is 11.7 Å². The van der Waals surface area contributed by atoms with Crippen molar-refractivity contribution in [3.05, 3.63) is 29.8 Å². The lowest BCUT2D eigenvalue weighted by Gasteiger charge is -2.24. The van der Waals surface area contributed by atoms with Crippen molar-refractivity contribution in [3.8, 4) is 0 Å². The van der Waals surface area contributed by atoms with Gasteiger partial charge in [-0.2, -0.15) is 0 Å². The van der Waals surface area contributed by atoms with Gasteiger partial charge in [0.2, 0.25) is 0 Å². The SMILES string of the molecule is CN(C)c1ccc([C@H]2CNCCO2)cc1. The third-order valence-electron chi connectivity index (χ3n) is 2.71. The third kappa shape index (κ3) is 2.49. The summed E-state index contributed by atoms with van der Waals surface area (Å²) in [6, 6.07) is 8.56. The molecule has 1 aromatic carbocycles. The molecule has 3 heteroatoms. The molecule has 0 saturated carbocycles. The lowest BCUT2D eigenvalue weighted by molar-refractivity contribution is 0.0277. The van der Waals surface area contributed by atoms with E-state index in [2.05, 4.69) is 34.5 Å². The molecular weight excluding hydrogens is 188 g/mol. The third-order valence-corrected chi connectivity index (χ3v) is 2.71. The minimum Gasteiger partial charge on any atom is -0.378 e. The van der Waals surface area contributed by atoms with E-state index in [1.807, 2.05) is 14.1 Å². The maximum Gasteiger partial charge on any atom is 0.0949 e. The minimum atomic E-state index is 0.218. The van der Waals surface area contributed by atoms with Crippen molar-refractivity contribution in [2.45, 2.75) is 6.10 Å². The first-order valence-corrected chi connectivity index (χ1v) is 5.37. The average molecular weight is 206 g/mol. The van der Waals surface area contributed by atoms with E-state index < -0.39 is 0 Å². The molecule has 82 valence electrons. The highest BCUT2D eigenvalue weighted by Crippen LogP contribution is 2.21. The van der Waals surface area contributed by atoms with E-state index in [4.69, 9.17) is 4.74 Å². The molecule has 0 amide bonds. The topological polar surface area (TPSA) is 24.5 Å². The maximum absolute atomic E-state index is 5.69. The molecule has 0 aliphatic carbocycles. The quantitative estimate of drug-likeness (QED) is 0.792. The molecule has 15 heavy (non-hydrogen) atoms. The number of hydrogen-bond donors (Lipinski definition) is 1. The smallest absolute Gasteiger partial charge is 0.0949 e. The first-order chi connectivity index (χ1) is 7.27. The first kappa shape index (κ1) is 10.5. The van der Waals surface area contributed by atoms with E-state index in [1.54, 1.807) is 0 Å². The molecule has 1 aliphatic rings. The monoisotopic (exact) mass is 206 g/mol. The lowest BCUT2D eigenvalue weighted by Crippen LogP contribution is -2.33. The number of benzene rings is 1. The van der Waals surface area contributed by atoms with E-state index in [0.29, 0.717) is 0 Å². The predicted octanol–water partition coefficient (Wildman–Crippen LogP) is 1.41. The van der Waals surface area contributed by atoms with Gasteiger partial charge >= 0.3 is 0 Å². The van der Waals surface area contributed by atoms with E-state index in [9.17, 15) is 0 Å². The average Bonchev–Trinajstić information content (AvgIpc) is 2.30. The number of anilines is 1. The Labute approximate surface area is 91.0 Å². The summed E-state index contributed by atoms with van der Waals surface area (Å²) in [5, 5.41) is 3.34. The summed E-state index contributed by atoms with van der Waals surface area (Å²) in [5.41, 5.74) is 2.48. The number of nitrogens with zero attached hydrogens (tertiary/aromatic N) is 1. The fourth-order valence-corrected chi connectivity index (χ4v) is 1.77. The number of morpholine rings is 1. The second-order valence-corrected chi connectivity index (χ2v) is 4.05. The fourth-order valence-electron chi connectivity index (χ4n) is 1.77. The molecule has 1 fully saturated rings. The highest BCUT2D eigenvalue weighted by atomic mass is 16.5. The van der Waals surface area contributed by atoms with Crippen LogP contribution < -0.4 is 10.2 Å². The van der Waals surface area contributed by atoms with Crippen LogP contribution in [0.25, 0.3) is 0 Å². The Balaban J connectivity index is 2.08. The van der Waals surface area contributed by atoms with Crippen LogP contribution in [0.3, 0.4) is 0 Å². The van der Waals surface area contributed by atoms with Crippen molar-refractivity contribution >= 4 is 5.69 Å². The van der Waals surface area contributed by atoms with E-state index >= 15 is 0 Å². The van der Waals surface area contributed by atoms with Crippen LogP contribution in [0, 0.1) is 0 Å². The van der Waals surface area contributed by atoms with E-state index in [1.165, 1.54) is 11.3 Å². The molecule has 0 aromatic heterocycles. The van der Waals surface area contributed by atoms with Gasteiger partial charge in [-0.3, -0.25) is 0 Å². The van der Waals surface area contributed by atoms with Gasteiger partial charge in [0, 0.05) is 32.9 Å². The summed E-state index contributed by atoms with van der Waals surface area (Å²) in [6.45, 7) is 2.69. The largest absolute Gasteiger partial charge is 0.378 e. The lowest BCUT2D eigenvalue weighted by atomic mass is 10.1. The predicted molar refractivity (Wildman–Crippen MR) is 62.3 cm³/mol. The van der Waals surface area contributed by atoms with Gasteiger partial charge in [0.05, 0.1) is 12.7 Å². The number of ether oxygens (including phenoxy) is 1. The van der Waals surface area contributed by atoms with Crippen molar-refractivity contribution in [1.82, 2.24) is 5.32 Å². The Morgan fingerprint density at radius 1 is 1.27 bits per heavy atom. The van der Waals surface area contributed by atoms with Gasteiger partial charge in [-0.25, -0.2) is 0 Å². The first-order valence-electron chi connectivity index (χ1n) is 5.37. The zero-order valence-electron chi connectivity index (χ0n) is 9.36. The summed E-state index contributed by atoms with van der Waals surface area (Å²) in [7, 11) is 4.10. The highest BCUT2D eigenvalue weighted by Gasteiger charge is 2.15. The van der Waals surface area contributed by atoms with Crippen LogP contribution in [0.4, 0.5) is 5.69 Å². The van der Waals surface area contributed by atoms with Gasteiger partial charge in [-0.1, -0.05) is 12.1 Å². The second kappa shape index (κ2) is 4.64. The highest BCUT2D eigenvalue weighted by molar-refractivity contribution is 5.46. The van der Waals surface area contributed by atoms with Gasteiger partial charge in [-0.15, -0.1) is 0 Å². The Morgan fingerprint density at radius 2 is 2.00 bits per heavy atom. The van der Waals surface area contributed by atoms with Gasteiger partial charge in [0.25, 0.3) is 0 Å². The number of rotatable bonds is 2. The molecule has 0 spiro atoms. The summed E-state index contributed by atoms with van der Waals surface area (Å²) in [5.74, 6) is 0. The zero-order valence-corrected chi connectivity index (χ0v) is 9.36. The van der Waals surface area contributed by atoms with Gasteiger partial charge in [-0.05, 0) is 17.7 Å². The van der Waals surface area contributed by atoms with E-state index in [-0.39, 0.29) is 6.10 Å². The van der Waals surface area contributed by atoms with Crippen LogP contribution in [-0.4, -0.2) is 33.8 Å². The van der Waals surface area contributed by atoms with E-state index in [0.717, 1.165) is 19.7 Å². The van der Waals surface area contributed by atoms with Crippen molar-refractivity contribution in [3.63, 3.8) is 0 Å². The Hall–Kier alpha value is -1.06. The van der Waals surface area contributed by atoms with Crippen LogP contribution in [0.5, 0.6) is 0 Å². The van der Waals surface area contributed by atoms with Crippen LogP contribution in [0.2, 0.25) is 0 Å². The Kier molecular flexibility index (Phi) is 3.23. The van der Waals surface area contributed by atoms with Gasteiger partial charge in [0.1, 0.15) is 0 Å². The molecule has 1 N–H and O–H groups in total. The fraction of sp³-hybridized carbons (Fsp3) is 0.500. The van der Waals surface area contributed by atoms with Crippen molar-refractivity contribution in [1.29, 1.82) is 0 Å². The molecule has 0 bridgehead atoms. The molecule has 1 heterocycles. The van der Waals surface area contributed by atoms with Crippen LogP contribution in [-0.2, 0) is 4.74 Å². The molecule has 0 unspecified atom stereocenters. The Bertz CT molecular complexity index is 302. The summed E-state index contributed by atoms with van der Waals surface area (Å²) in [4.78, 5) is 2.10. The van der Waals surface area contributed by atoms with Crippen LogP contribution in [0.15, 0.2) is 24.3 Å². The second-order valence-electron chi connectivity index (χ2n) is 4.05. The standard InChI is InChI=1S/C12H18N2O/c1-14(2)11-5-3-10(4-6-11)12-9-13-7-8-15-12/h3-6,12-13H,7-9H2,1-2H3/t12-/m1/s1. The minimum absolute atomic E-state index is 0.218. The number of nitrogens with one attached hydrogen (secondary N) is 1. The molecule has 1 saturated heterocycles. The van der Waals surface area contributed by atoms with Gasteiger partial charge < -0.3 is 15.0 Å². The molecule has 2 rings (SSSR count). The molecular formula is C12H18N2O. The number of hydrogen-bond acceptors (Lipinski definition) is 3. The molecule has 1 aromatic rings. The molecule has 0 radical (unpaired) electrons. The normalized spacial score (nSPS) is 21.3. The Morgan fingerprint density at radius 3 is 2.53 bits per heavy atom.